The quantitative estimate of drug-likeness (QED) is 0.570. The molecule has 10 nitrogen and oxygen atoms in total. The standard InChI is InChI=1S/C12H20O10Si2/c1-8(13)18-23(6,19-9(2)14)7-24(20-10(3)15,21-11(4)16)22-12(5)17/h7H2,1-6H3. The number of carbonyl (C=O) groups excluding carboxylic acids is 5. The molecule has 24 heavy (non-hydrogen) atoms. The van der Waals surface area contributed by atoms with Gasteiger partial charge < -0.3 is 22.1 Å². The second-order valence-electron chi connectivity index (χ2n) is 4.96. The van der Waals surface area contributed by atoms with Crippen LogP contribution >= 0.6 is 0 Å². The van der Waals surface area contributed by atoms with Crippen molar-refractivity contribution in [1.29, 1.82) is 0 Å². The predicted octanol–water partition coefficient (Wildman–Crippen LogP) is 0.352. The van der Waals surface area contributed by atoms with E-state index in [1.165, 1.54) is 6.55 Å². The average molecular weight is 380 g/mol. The molecule has 0 saturated heterocycles. The smallest absolute Gasteiger partial charge is 0.485 e. The molecule has 0 radical (unpaired) electrons. The Morgan fingerprint density at radius 2 is 0.833 bits per heavy atom. The molecule has 0 aliphatic carbocycles. The molecule has 12 heteroatoms. The largest absolute Gasteiger partial charge is 0.709 e. The summed E-state index contributed by atoms with van der Waals surface area (Å²) in [5, 5.41) is 0. The van der Waals surface area contributed by atoms with Gasteiger partial charge in [-0.25, -0.2) is 0 Å². The highest BCUT2D eigenvalue weighted by Gasteiger charge is 2.62. The fourth-order valence-corrected chi connectivity index (χ4v) is 9.21. The van der Waals surface area contributed by atoms with E-state index in [0.29, 0.717) is 0 Å². The van der Waals surface area contributed by atoms with Gasteiger partial charge in [0.1, 0.15) is 5.67 Å². The molecule has 0 atom stereocenters. The van der Waals surface area contributed by atoms with Gasteiger partial charge in [0.15, 0.2) is 0 Å². The summed E-state index contributed by atoms with van der Waals surface area (Å²) in [5.41, 5.74) is -0.516. The zero-order chi connectivity index (χ0) is 19.1. The summed E-state index contributed by atoms with van der Waals surface area (Å²) in [6, 6.07) is 0. The minimum atomic E-state index is -4.30. The summed E-state index contributed by atoms with van der Waals surface area (Å²) in [4.78, 5) is 56.8. The van der Waals surface area contributed by atoms with Crippen LogP contribution < -0.4 is 0 Å². The SMILES string of the molecule is CC(=O)O[Si](C)(C[Si](OC(C)=O)(OC(C)=O)OC(C)=O)OC(C)=O. The summed E-state index contributed by atoms with van der Waals surface area (Å²) in [6.45, 7) is 6.54. The van der Waals surface area contributed by atoms with Crippen LogP contribution in [0.4, 0.5) is 0 Å². The Balaban J connectivity index is 5.89. The molecular weight excluding hydrogens is 360 g/mol. The highest BCUT2D eigenvalue weighted by molar-refractivity contribution is 6.85. The van der Waals surface area contributed by atoms with E-state index in [-0.39, 0.29) is 0 Å². The maximum absolute atomic E-state index is 11.4. The first-order valence-corrected chi connectivity index (χ1v) is 11.2. The van der Waals surface area contributed by atoms with E-state index in [2.05, 4.69) is 0 Å². The van der Waals surface area contributed by atoms with E-state index in [1.807, 2.05) is 0 Å². The highest BCUT2D eigenvalue weighted by Crippen LogP contribution is 2.26. The third kappa shape index (κ3) is 8.43. The Morgan fingerprint density at radius 3 is 1.04 bits per heavy atom. The van der Waals surface area contributed by atoms with Gasteiger partial charge in [0.2, 0.25) is 0 Å². The molecule has 0 spiro atoms. The van der Waals surface area contributed by atoms with Crippen molar-refractivity contribution >= 4 is 47.2 Å². The molecule has 0 heterocycles. The highest BCUT2D eigenvalue weighted by atomic mass is 28.4. The van der Waals surface area contributed by atoms with Crippen LogP contribution in [0.2, 0.25) is 12.2 Å². The Hall–Kier alpha value is -2.22. The lowest BCUT2D eigenvalue weighted by Crippen LogP contribution is -2.58. The van der Waals surface area contributed by atoms with Crippen LogP contribution in [0.3, 0.4) is 0 Å². The molecule has 0 N–H and O–H groups in total. The third-order valence-corrected chi connectivity index (χ3v) is 9.69. The molecule has 0 rings (SSSR count). The van der Waals surface area contributed by atoms with Gasteiger partial charge in [0.05, 0.1) is 0 Å². The van der Waals surface area contributed by atoms with Gasteiger partial charge in [-0.2, -0.15) is 0 Å². The lowest BCUT2D eigenvalue weighted by molar-refractivity contribution is -0.147. The summed E-state index contributed by atoms with van der Waals surface area (Å²) in [6.07, 6.45) is 0. The Kier molecular flexibility index (Phi) is 7.79. The van der Waals surface area contributed by atoms with Crippen LogP contribution in [0.5, 0.6) is 0 Å². The molecule has 0 unspecified atom stereocenters. The van der Waals surface area contributed by atoms with Crippen molar-refractivity contribution in [1.82, 2.24) is 0 Å². The topological polar surface area (TPSA) is 132 Å². The first-order valence-electron chi connectivity index (χ1n) is 6.77. The van der Waals surface area contributed by atoms with Crippen LogP contribution in [0, 0.1) is 0 Å². The second kappa shape index (κ2) is 8.58. The maximum atomic E-state index is 11.4. The van der Waals surface area contributed by atoms with Gasteiger partial charge in [0.25, 0.3) is 29.8 Å². The minimum Gasteiger partial charge on any atom is -0.485 e. The van der Waals surface area contributed by atoms with Crippen molar-refractivity contribution in [3.8, 4) is 0 Å². The molecule has 0 aromatic carbocycles. The van der Waals surface area contributed by atoms with Gasteiger partial charge in [0, 0.05) is 41.2 Å². The molecule has 136 valence electrons. The Bertz CT molecular complexity index is 487. The molecule has 0 bridgehead atoms. The van der Waals surface area contributed by atoms with Crippen LogP contribution in [-0.4, -0.2) is 47.2 Å². The average Bonchev–Trinajstić information content (AvgIpc) is 2.20. The first-order chi connectivity index (χ1) is 10.8. The maximum Gasteiger partial charge on any atom is 0.709 e. The third-order valence-electron chi connectivity index (χ3n) is 2.15. The molecular formula is C12H20O10Si2. The number of hydrogen-bond donors (Lipinski definition) is 0. The molecule has 0 aliphatic heterocycles. The van der Waals surface area contributed by atoms with Gasteiger partial charge in [-0.05, 0) is 0 Å². The van der Waals surface area contributed by atoms with Crippen LogP contribution in [-0.2, 0) is 46.1 Å². The first kappa shape index (κ1) is 21.8. The lowest BCUT2D eigenvalue weighted by atomic mass is 10.9. The molecule has 0 saturated carbocycles. The van der Waals surface area contributed by atoms with Gasteiger partial charge in [-0.1, -0.05) is 0 Å². The predicted molar refractivity (Wildman–Crippen MR) is 81.0 cm³/mol. The van der Waals surface area contributed by atoms with Crippen molar-refractivity contribution < 1.29 is 46.1 Å². The van der Waals surface area contributed by atoms with Crippen LogP contribution in [0.15, 0.2) is 0 Å². The Morgan fingerprint density at radius 1 is 0.583 bits per heavy atom. The minimum absolute atomic E-state index is 0.516. The van der Waals surface area contributed by atoms with E-state index in [0.717, 1.165) is 34.6 Å². The zero-order valence-corrected chi connectivity index (χ0v) is 16.3. The zero-order valence-electron chi connectivity index (χ0n) is 14.3. The summed E-state index contributed by atoms with van der Waals surface area (Å²) in [7, 11) is -7.98. The molecule has 0 aromatic rings. The fourth-order valence-electron chi connectivity index (χ4n) is 1.92. The summed E-state index contributed by atoms with van der Waals surface area (Å²) >= 11 is 0. The second-order valence-corrected chi connectivity index (χ2v) is 11.0. The number of rotatable bonds is 7. The Labute approximate surface area is 141 Å². The molecule has 0 aromatic heterocycles. The van der Waals surface area contributed by atoms with E-state index in [1.54, 1.807) is 0 Å². The van der Waals surface area contributed by atoms with E-state index in [9.17, 15) is 24.0 Å². The number of carbonyl (C=O) groups is 5. The molecule has 0 fully saturated rings. The van der Waals surface area contributed by atoms with Crippen molar-refractivity contribution in [2.45, 2.75) is 46.8 Å². The van der Waals surface area contributed by atoms with Crippen molar-refractivity contribution in [3.05, 3.63) is 0 Å². The van der Waals surface area contributed by atoms with Gasteiger partial charge >= 0.3 is 17.4 Å². The van der Waals surface area contributed by atoms with Gasteiger partial charge in [-0.3, -0.25) is 24.0 Å². The summed E-state index contributed by atoms with van der Waals surface area (Å²) < 4.78 is 25.1. The van der Waals surface area contributed by atoms with E-state index >= 15 is 0 Å². The normalized spacial score (nSPS) is 11.1. The van der Waals surface area contributed by atoms with E-state index < -0.39 is 52.9 Å². The van der Waals surface area contributed by atoms with E-state index in [4.69, 9.17) is 22.1 Å². The van der Waals surface area contributed by atoms with Crippen molar-refractivity contribution in [3.63, 3.8) is 0 Å². The lowest BCUT2D eigenvalue weighted by Gasteiger charge is -2.32. The van der Waals surface area contributed by atoms with Crippen LogP contribution in [0.1, 0.15) is 34.6 Å². The van der Waals surface area contributed by atoms with Gasteiger partial charge in [-0.15, -0.1) is 0 Å². The summed E-state index contributed by atoms with van der Waals surface area (Å²) in [5.74, 6) is -4.17. The fraction of sp³-hybridized carbons (Fsp3) is 0.583. The van der Waals surface area contributed by atoms with Crippen molar-refractivity contribution in [2.75, 3.05) is 0 Å². The molecule has 0 amide bonds. The molecule has 0 aliphatic rings. The van der Waals surface area contributed by atoms with Crippen LogP contribution in [0.25, 0.3) is 0 Å². The monoisotopic (exact) mass is 380 g/mol. The number of hydrogen-bond acceptors (Lipinski definition) is 10. The van der Waals surface area contributed by atoms with Crippen molar-refractivity contribution in [2.24, 2.45) is 0 Å².